The van der Waals surface area contributed by atoms with Crippen LogP contribution in [-0.2, 0) is 48.4 Å². The molecule has 0 spiro atoms. The number of piperazine rings is 1. The van der Waals surface area contributed by atoms with E-state index in [2.05, 4.69) is 15.6 Å². The number of amides is 6. The molecule has 16 heteroatoms. The number of carbonyl (C=O) groups is 6. The fourth-order valence-corrected chi connectivity index (χ4v) is 6.01. The van der Waals surface area contributed by atoms with Gasteiger partial charge in [-0.05, 0) is 50.3 Å². The molecule has 6 amide bonds. The number of alkyl carbamates (subject to hydrolysis) is 2. The maximum Gasteiger partial charge on any atom is 0.414 e. The van der Waals surface area contributed by atoms with Gasteiger partial charge in [-0.25, -0.2) is 28.9 Å². The van der Waals surface area contributed by atoms with Crippen LogP contribution in [-0.4, -0.2) is 101 Å². The molecule has 2 saturated heterocycles. The second-order valence-electron chi connectivity index (χ2n) is 14.3. The van der Waals surface area contributed by atoms with E-state index in [1.165, 1.54) is 9.80 Å². The Morgan fingerprint density at radius 1 is 0.684 bits per heavy atom. The number of ether oxygens (including phenoxy) is 4. The molecule has 2 fully saturated rings. The molecule has 0 aromatic heterocycles. The molecule has 302 valence electrons. The lowest BCUT2D eigenvalue weighted by atomic mass is 9.83. The third-order valence-electron chi connectivity index (χ3n) is 8.90. The summed E-state index contributed by atoms with van der Waals surface area (Å²) in [5.74, 6) is -2.43. The minimum absolute atomic E-state index is 0.00337. The number of likely N-dealkylation sites (tertiary alicyclic amines) is 1. The van der Waals surface area contributed by atoms with Gasteiger partial charge in [-0.3, -0.25) is 20.4 Å². The molecule has 2 aliphatic heterocycles. The first kappa shape index (κ1) is 41.7. The number of nitrogens with zero attached hydrogens (tertiary/aromatic N) is 4. The first-order valence-electron chi connectivity index (χ1n) is 18.7. The minimum Gasteiger partial charge on any atom is -0.459 e. The predicted molar refractivity (Wildman–Crippen MR) is 206 cm³/mol. The van der Waals surface area contributed by atoms with Gasteiger partial charge in [0, 0.05) is 32.7 Å². The molecule has 2 N–H and O–H groups in total. The van der Waals surface area contributed by atoms with Crippen molar-refractivity contribution in [2.24, 2.45) is 10.9 Å². The van der Waals surface area contributed by atoms with Gasteiger partial charge in [0.1, 0.15) is 25.4 Å². The van der Waals surface area contributed by atoms with Crippen molar-refractivity contribution < 1.29 is 47.7 Å². The number of benzene rings is 3. The zero-order valence-electron chi connectivity index (χ0n) is 32.3. The van der Waals surface area contributed by atoms with Gasteiger partial charge in [-0.1, -0.05) is 91.0 Å². The van der Waals surface area contributed by atoms with Crippen molar-refractivity contribution in [3.8, 4) is 0 Å². The molecule has 3 aromatic rings. The maximum absolute atomic E-state index is 13.7. The van der Waals surface area contributed by atoms with E-state index >= 15 is 0 Å². The van der Waals surface area contributed by atoms with E-state index in [-0.39, 0.29) is 71.3 Å². The normalized spacial score (nSPS) is 16.4. The first-order chi connectivity index (χ1) is 27.4. The quantitative estimate of drug-likeness (QED) is 0.0653. The Labute approximate surface area is 331 Å². The van der Waals surface area contributed by atoms with Crippen LogP contribution in [0.4, 0.5) is 19.2 Å². The maximum atomic E-state index is 13.7. The highest BCUT2D eigenvalue weighted by Gasteiger charge is 2.56. The number of guanidine groups is 1. The number of β-lactam (4-membered cyclic amide) rings is 1. The summed E-state index contributed by atoms with van der Waals surface area (Å²) >= 11 is 0. The summed E-state index contributed by atoms with van der Waals surface area (Å²) in [7, 11) is 0. The van der Waals surface area contributed by atoms with Crippen molar-refractivity contribution in [1.29, 1.82) is 0 Å². The Hall–Kier alpha value is -6.45. The highest BCUT2D eigenvalue weighted by atomic mass is 16.6. The molecule has 16 nitrogen and oxygen atoms in total. The van der Waals surface area contributed by atoms with E-state index in [1.807, 2.05) is 18.2 Å². The lowest BCUT2D eigenvalue weighted by molar-refractivity contribution is -0.171. The molecule has 0 aliphatic carbocycles. The second kappa shape index (κ2) is 19.9. The van der Waals surface area contributed by atoms with Crippen LogP contribution in [0.2, 0.25) is 0 Å². The van der Waals surface area contributed by atoms with Gasteiger partial charge in [0.15, 0.2) is 6.04 Å². The minimum atomic E-state index is -1.20. The largest absolute Gasteiger partial charge is 0.459 e. The Bertz CT molecular complexity index is 1820. The van der Waals surface area contributed by atoms with Crippen molar-refractivity contribution >= 4 is 42.1 Å². The molecular weight excluding hydrogens is 736 g/mol. The van der Waals surface area contributed by atoms with Gasteiger partial charge in [0.2, 0.25) is 11.9 Å². The van der Waals surface area contributed by atoms with Crippen molar-refractivity contribution in [2.45, 2.75) is 65.1 Å². The summed E-state index contributed by atoms with van der Waals surface area (Å²) in [5.41, 5.74) is 1.55. The van der Waals surface area contributed by atoms with Gasteiger partial charge in [0.25, 0.3) is 0 Å². The van der Waals surface area contributed by atoms with Gasteiger partial charge < -0.3 is 28.7 Å². The van der Waals surface area contributed by atoms with Gasteiger partial charge in [0.05, 0.1) is 5.92 Å². The molecule has 0 saturated carbocycles. The van der Waals surface area contributed by atoms with E-state index < -0.39 is 53.7 Å². The summed E-state index contributed by atoms with van der Waals surface area (Å²) in [4.78, 5) is 86.9. The second-order valence-corrected chi connectivity index (χ2v) is 14.3. The van der Waals surface area contributed by atoms with Crippen LogP contribution in [0.15, 0.2) is 96.0 Å². The van der Waals surface area contributed by atoms with E-state index in [0.717, 1.165) is 21.6 Å². The lowest BCUT2D eigenvalue weighted by Crippen LogP contribution is -2.69. The number of carbonyl (C=O) groups excluding carboxylic acids is 6. The number of rotatable bonds is 11. The third kappa shape index (κ3) is 12.5. The standard InChI is InChI=1S/C41H48N6O10/c1-41(2,3)57-40(53)46-24-22-45(23-25-46)39(52)47-33(35(49)54-26-29-14-7-4-8-15-29)32(34(47)48)20-13-21-42-36(43-37(50)55-27-30-16-9-5-10-17-30)44-38(51)56-28-31-18-11-6-12-19-31/h4-12,14-19,32-33H,13,20-28H2,1-3H3,(H2,42,43,44,50,51). The van der Waals surface area contributed by atoms with Crippen molar-refractivity contribution in [3.05, 3.63) is 108 Å². The Balaban J connectivity index is 1.22. The van der Waals surface area contributed by atoms with Crippen molar-refractivity contribution in [2.75, 3.05) is 32.7 Å². The highest BCUT2D eigenvalue weighted by molar-refractivity contribution is 6.08. The van der Waals surface area contributed by atoms with Crippen LogP contribution in [0.1, 0.15) is 50.3 Å². The molecule has 3 aromatic carbocycles. The van der Waals surface area contributed by atoms with Crippen LogP contribution in [0.5, 0.6) is 0 Å². The van der Waals surface area contributed by atoms with Crippen LogP contribution in [0, 0.1) is 5.92 Å². The molecule has 0 bridgehead atoms. The smallest absolute Gasteiger partial charge is 0.414 e. The number of esters is 1. The summed E-state index contributed by atoms with van der Waals surface area (Å²) in [6, 6.07) is 25.2. The molecule has 5 rings (SSSR count). The van der Waals surface area contributed by atoms with Crippen molar-refractivity contribution in [1.82, 2.24) is 25.3 Å². The molecule has 2 aliphatic rings. The van der Waals surface area contributed by atoms with Crippen LogP contribution < -0.4 is 10.6 Å². The molecule has 57 heavy (non-hydrogen) atoms. The lowest BCUT2D eigenvalue weighted by Gasteiger charge is -2.46. The number of urea groups is 1. The SMILES string of the molecule is CC(C)(C)OC(=O)N1CCN(C(=O)N2C(=O)C(CCCN=C(NC(=O)OCc3ccccc3)NC(=O)OCc3ccccc3)C2C(=O)OCc2ccccc2)CC1. The molecule has 0 radical (unpaired) electrons. The van der Waals surface area contributed by atoms with E-state index in [0.29, 0.717) is 0 Å². The van der Waals surface area contributed by atoms with Crippen LogP contribution >= 0.6 is 0 Å². The number of hydrogen-bond acceptors (Lipinski definition) is 11. The van der Waals surface area contributed by atoms with E-state index in [1.54, 1.807) is 93.6 Å². The summed E-state index contributed by atoms with van der Waals surface area (Å²) in [5, 5.41) is 4.85. The van der Waals surface area contributed by atoms with Gasteiger partial charge in [-0.2, -0.15) is 0 Å². The summed E-state index contributed by atoms with van der Waals surface area (Å²) in [6.07, 6.45) is -1.90. The van der Waals surface area contributed by atoms with Crippen LogP contribution in [0.3, 0.4) is 0 Å². The number of hydrogen-bond donors (Lipinski definition) is 2. The molecule has 2 heterocycles. The van der Waals surface area contributed by atoms with E-state index in [9.17, 15) is 28.8 Å². The third-order valence-corrected chi connectivity index (χ3v) is 8.90. The fraction of sp³-hybridized carbons (Fsp3) is 0.390. The summed E-state index contributed by atoms with van der Waals surface area (Å²) < 4.78 is 21.6. The number of nitrogens with one attached hydrogen (secondary N) is 2. The van der Waals surface area contributed by atoms with Gasteiger partial charge in [-0.15, -0.1) is 0 Å². The fourth-order valence-electron chi connectivity index (χ4n) is 6.01. The Morgan fingerprint density at radius 2 is 1.14 bits per heavy atom. The van der Waals surface area contributed by atoms with E-state index in [4.69, 9.17) is 18.9 Å². The first-order valence-corrected chi connectivity index (χ1v) is 18.7. The zero-order valence-corrected chi connectivity index (χ0v) is 32.3. The average Bonchev–Trinajstić information content (AvgIpc) is 3.20. The molecule has 2 atom stereocenters. The Kier molecular flexibility index (Phi) is 14.6. The summed E-state index contributed by atoms with van der Waals surface area (Å²) in [6.45, 7) is 5.84. The van der Waals surface area contributed by atoms with Gasteiger partial charge >= 0.3 is 30.3 Å². The number of aliphatic imine (C=N–C) groups is 1. The zero-order chi connectivity index (χ0) is 40.8. The average molecular weight is 785 g/mol. The number of imide groups is 1. The molecular formula is C41H48N6O10. The monoisotopic (exact) mass is 784 g/mol. The predicted octanol–water partition coefficient (Wildman–Crippen LogP) is 5.22. The van der Waals surface area contributed by atoms with Crippen LogP contribution in [0.25, 0.3) is 0 Å². The van der Waals surface area contributed by atoms with Crippen molar-refractivity contribution in [3.63, 3.8) is 0 Å². The highest BCUT2D eigenvalue weighted by Crippen LogP contribution is 2.33. The topological polar surface area (TPSA) is 185 Å². The molecule has 2 unspecified atom stereocenters. The Morgan fingerprint density at radius 3 is 1.61 bits per heavy atom.